The lowest BCUT2D eigenvalue weighted by Gasteiger charge is -2.14. The van der Waals surface area contributed by atoms with Crippen molar-refractivity contribution >= 4 is 29.9 Å². The van der Waals surface area contributed by atoms with Gasteiger partial charge in [-0.05, 0) is 24.6 Å². The van der Waals surface area contributed by atoms with E-state index in [0.717, 1.165) is 41.7 Å². The SMILES string of the molecule is CN=C(NCCn1cc(C)cn1)NCc1ccc(OC)cc1OC.I. The summed E-state index contributed by atoms with van der Waals surface area (Å²) >= 11 is 0. The van der Waals surface area contributed by atoms with Gasteiger partial charge in [0.1, 0.15) is 11.5 Å². The number of aromatic nitrogens is 2. The van der Waals surface area contributed by atoms with E-state index in [1.165, 1.54) is 0 Å². The van der Waals surface area contributed by atoms with Crippen molar-refractivity contribution in [1.82, 2.24) is 20.4 Å². The number of hydrogen-bond acceptors (Lipinski definition) is 4. The zero-order chi connectivity index (χ0) is 17.4. The van der Waals surface area contributed by atoms with E-state index < -0.39 is 0 Å². The molecule has 0 atom stereocenters. The van der Waals surface area contributed by atoms with Gasteiger partial charge in [0.15, 0.2) is 5.96 Å². The molecule has 0 unspecified atom stereocenters. The number of ether oxygens (including phenoxy) is 2. The summed E-state index contributed by atoms with van der Waals surface area (Å²) in [4.78, 5) is 4.23. The van der Waals surface area contributed by atoms with Crippen LogP contribution in [0.3, 0.4) is 0 Å². The predicted molar refractivity (Wildman–Crippen MR) is 110 cm³/mol. The Morgan fingerprint density at radius 2 is 2.04 bits per heavy atom. The smallest absolute Gasteiger partial charge is 0.191 e. The Kier molecular flexibility index (Phi) is 9.11. The van der Waals surface area contributed by atoms with Crippen molar-refractivity contribution in [2.75, 3.05) is 27.8 Å². The Balaban J connectivity index is 0.00000312. The van der Waals surface area contributed by atoms with Crippen molar-refractivity contribution in [2.45, 2.75) is 20.0 Å². The summed E-state index contributed by atoms with van der Waals surface area (Å²) in [6.45, 7) is 4.15. The zero-order valence-corrected chi connectivity index (χ0v) is 17.4. The van der Waals surface area contributed by atoms with Gasteiger partial charge in [-0.15, -0.1) is 24.0 Å². The van der Waals surface area contributed by atoms with Crippen LogP contribution in [-0.4, -0.2) is 43.6 Å². The van der Waals surface area contributed by atoms with Crippen LogP contribution in [0.15, 0.2) is 35.6 Å². The molecule has 2 aromatic rings. The first-order valence-electron chi connectivity index (χ1n) is 7.80. The second-order valence-corrected chi connectivity index (χ2v) is 5.31. The summed E-state index contributed by atoms with van der Waals surface area (Å²) in [6.07, 6.45) is 3.86. The lowest BCUT2D eigenvalue weighted by Crippen LogP contribution is -2.38. The molecule has 138 valence electrons. The molecule has 2 rings (SSSR count). The van der Waals surface area contributed by atoms with E-state index in [2.05, 4.69) is 20.7 Å². The van der Waals surface area contributed by atoms with Crippen molar-refractivity contribution in [2.24, 2.45) is 4.99 Å². The standard InChI is InChI=1S/C17H25N5O2.HI/c1-13-10-21-22(12-13)8-7-19-17(18-2)20-11-14-5-6-15(23-3)9-16(14)24-4;/h5-6,9-10,12H,7-8,11H2,1-4H3,(H2,18,19,20);1H. The van der Waals surface area contributed by atoms with Gasteiger partial charge in [-0.25, -0.2) is 0 Å². The topological polar surface area (TPSA) is 72.7 Å². The molecule has 0 aliphatic heterocycles. The zero-order valence-electron chi connectivity index (χ0n) is 15.1. The fourth-order valence-electron chi connectivity index (χ4n) is 2.28. The van der Waals surface area contributed by atoms with Crippen LogP contribution >= 0.6 is 24.0 Å². The fourth-order valence-corrected chi connectivity index (χ4v) is 2.28. The van der Waals surface area contributed by atoms with E-state index in [1.807, 2.05) is 42.2 Å². The quantitative estimate of drug-likeness (QED) is 0.378. The number of guanidine groups is 1. The van der Waals surface area contributed by atoms with Gasteiger partial charge in [-0.1, -0.05) is 0 Å². The lowest BCUT2D eigenvalue weighted by atomic mass is 10.2. The highest BCUT2D eigenvalue weighted by Crippen LogP contribution is 2.24. The van der Waals surface area contributed by atoms with Gasteiger partial charge in [-0.2, -0.15) is 5.10 Å². The number of nitrogens with one attached hydrogen (secondary N) is 2. The Hall–Kier alpha value is -1.97. The maximum atomic E-state index is 5.40. The summed E-state index contributed by atoms with van der Waals surface area (Å²) in [5.41, 5.74) is 2.19. The molecule has 0 aliphatic rings. The molecule has 0 bridgehead atoms. The van der Waals surface area contributed by atoms with E-state index in [0.29, 0.717) is 6.54 Å². The van der Waals surface area contributed by atoms with E-state index in [9.17, 15) is 0 Å². The molecule has 0 saturated carbocycles. The van der Waals surface area contributed by atoms with Crippen molar-refractivity contribution < 1.29 is 9.47 Å². The molecule has 1 heterocycles. The van der Waals surface area contributed by atoms with E-state index >= 15 is 0 Å². The summed E-state index contributed by atoms with van der Waals surface area (Å²) in [5.74, 6) is 2.29. The van der Waals surface area contributed by atoms with Gasteiger partial charge in [0.05, 0.1) is 27.0 Å². The summed E-state index contributed by atoms with van der Waals surface area (Å²) < 4.78 is 12.5. The van der Waals surface area contributed by atoms with Gasteiger partial charge in [0, 0.05) is 38.0 Å². The minimum atomic E-state index is 0. The van der Waals surface area contributed by atoms with Gasteiger partial charge >= 0.3 is 0 Å². The predicted octanol–water partition coefficient (Wildman–Crippen LogP) is 2.19. The lowest BCUT2D eigenvalue weighted by molar-refractivity contribution is 0.390. The van der Waals surface area contributed by atoms with Gasteiger partial charge in [0.25, 0.3) is 0 Å². The van der Waals surface area contributed by atoms with Crippen molar-refractivity contribution in [1.29, 1.82) is 0 Å². The van der Waals surface area contributed by atoms with Gasteiger partial charge < -0.3 is 20.1 Å². The largest absolute Gasteiger partial charge is 0.497 e. The monoisotopic (exact) mass is 459 g/mol. The second kappa shape index (κ2) is 10.8. The average molecular weight is 459 g/mol. The number of methoxy groups -OCH3 is 2. The third-order valence-electron chi connectivity index (χ3n) is 3.56. The Morgan fingerprint density at radius 1 is 1.24 bits per heavy atom. The molecule has 1 aromatic carbocycles. The molecule has 0 radical (unpaired) electrons. The first kappa shape index (κ1) is 21.1. The number of nitrogens with zero attached hydrogens (tertiary/aromatic N) is 3. The minimum Gasteiger partial charge on any atom is -0.497 e. The number of rotatable bonds is 7. The summed E-state index contributed by atoms with van der Waals surface area (Å²) in [5, 5.41) is 10.8. The van der Waals surface area contributed by atoms with Crippen LogP contribution in [0.5, 0.6) is 11.5 Å². The van der Waals surface area contributed by atoms with Crippen LogP contribution in [-0.2, 0) is 13.1 Å². The molecule has 8 heteroatoms. The third-order valence-corrected chi connectivity index (χ3v) is 3.56. The summed E-state index contributed by atoms with van der Waals surface area (Å²) in [6, 6.07) is 5.76. The molecule has 0 aliphatic carbocycles. The molecular weight excluding hydrogens is 433 g/mol. The van der Waals surface area contributed by atoms with Crippen molar-refractivity contribution in [3.05, 3.63) is 41.7 Å². The molecule has 7 nitrogen and oxygen atoms in total. The highest BCUT2D eigenvalue weighted by atomic mass is 127. The van der Waals surface area contributed by atoms with Gasteiger partial charge in [0.2, 0.25) is 0 Å². The first-order valence-corrected chi connectivity index (χ1v) is 7.80. The van der Waals surface area contributed by atoms with Crippen LogP contribution in [0, 0.1) is 6.92 Å². The van der Waals surface area contributed by atoms with E-state index in [-0.39, 0.29) is 24.0 Å². The number of hydrogen-bond donors (Lipinski definition) is 2. The number of aryl methyl sites for hydroxylation is 1. The van der Waals surface area contributed by atoms with Crippen molar-refractivity contribution in [3.8, 4) is 11.5 Å². The minimum absolute atomic E-state index is 0. The molecule has 25 heavy (non-hydrogen) atoms. The summed E-state index contributed by atoms with van der Waals surface area (Å²) in [7, 11) is 5.04. The van der Waals surface area contributed by atoms with Crippen LogP contribution in [0.4, 0.5) is 0 Å². The average Bonchev–Trinajstić information content (AvgIpc) is 3.03. The van der Waals surface area contributed by atoms with Crippen LogP contribution in [0.2, 0.25) is 0 Å². The molecule has 0 spiro atoms. The maximum absolute atomic E-state index is 5.40. The highest BCUT2D eigenvalue weighted by Gasteiger charge is 2.06. The second-order valence-electron chi connectivity index (χ2n) is 5.31. The maximum Gasteiger partial charge on any atom is 0.191 e. The Labute approximate surface area is 165 Å². The molecule has 2 N–H and O–H groups in total. The van der Waals surface area contributed by atoms with Crippen LogP contribution < -0.4 is 20.1 Å². The molecule has 1 aromatic heterocycles. The van der Waals surface area contributed by atoms with E-state index in [4.69, 9.17) is 9.47 Å². The number of aliphatic imine (C=N–C) groups is 1. The number of halogens is 1. The van der Waals surface area contributed by atoms with E-state index in [1.54, 1.807) is 21.3 Å². The highest BCUT2D eigenvalue weighted by molar-refractivity contribution is 14.0. The molecule has 0 fully saturated rings. The van der Waals surface area contributed by atoms with Crippen LogP contribution in [0.1, 0.15) is 11.1 Å². The normalized spacial score (nSPS) is 10.8. The molecule has 0 saturated heterocycles. The Bertz CT molecular complexity index is 687. The first-order chi connectivity index (χ1) is 11.7. The van der Waals surface area contributed by atoms with Gasteiger partial charge in [-0.3, -0.25) is 9.67 Å². The molecular formula is C17H26IN5O2. The number of benzene rings is 1. The Morgan fingerprint density at radius 3 is 2.64 bits per heavy atom. The van der Waals surface area contributed by atoms with Crippen LogP contribution in [0.25, 0.3) is 0 Å². The van der Waals surface area contributed by atoms with Crippen molar-refractivity contribution in [3.63, 3.8) is 0 Å². The fraction of sp³-hybridized carbons (Fsp3) is 0.412. The third kappa shape index (κ3) is 6.45. The molecule has 0 amide bonds.